The zero-order chi connectivity index (χ0) is 34.2. The molecule has 0 radical (unpaired) electrons. The molecule has 3 amide bonds. The fourth-order valence-electron chi connectivity index (χ4n) is 5.63. The molecule has 0 saturated carbocycles. The van der Waals surface area contributed by atoms with Crippen molar-refractivity contribution in [3.63, 3.8) is 0 Å². The minimum Gasteiger partial charge on any atom is -0.465 e. The highest BCUT2D eigenvalue weighted by Gasteiger charge is 2.30. The van der Waals surface area contributed by atoms with Gasteiger partial charge in [-0.15, -0.1) is 23.1 Å². The summed E-state index contributed by atoms with van der Waals surface area (Å²) in [4.78, 5) is 54.0. The van der Waals surface area contributed by atoms with Crippen molar-refractivity contribution in [2.75, 3.05) is 23.5 Å². The third-order valence-corrected chi connectivity index (χ3v) is 10.2. The molecule has 0 fully saturated rings. The fraction of sp³-hybridized carbons (Fsp3) is 0.158. The van der Waals surface area contributed by atoms with Crippen LogP contribution in [0, 0.1) is 0 Å². The number of hydrogen-bond acceptors (Lipinski definition) is 8. The molecule has 2 heterocycles. The van der Waals surface area contributed by atoms with Gasteiger partial charge in [-0.1, -0.05) is 54.6 Å². The van der Waals surface area contributed by atoms with E-state index in [1.54, 1.807) is 60.7 Å². The summed E-state index contributed by atoms with van der Waals surface area (Å²) < 4.78 is 10.5. The van der Waals surface area contributed by atoms with Crippen molar-refractivity contribution in [1.82, 2.24) is 5.32 Å². The number of carbonyl (C=O) groups is 4. The molecule has 3 N–H and O–H groups in total. The molecule has 9 nitrogen and oxygen atoms in total. The van der Waals surface area contributed by atoms with Crippen LogP contribution < -0.4 is 16.0 Å². The predicted molar refractivity (Wildman–Crippen MR) is 192 cm³/mol. The minimum absolute atomic E-state index is 0.00335. The Morgan fingerprint density at radius 2 is 1.71 bits per heavy atom. The summed E-state index contributed by atoms with van der Waals surface area (Å²) in [6, 6.07) is 29.3. The lowest BCUT2D eigenvalue weighted by molar-refractivity contribution is -0.114. The monoisotopic (exact) mass is 691 g/mol. The molecule has 1 unspecified atom stereocenters. The van der Waals surface area contributed by atoms with Gasteiger partial charge < -0.3 is 25.1 Å². The Kier molecular flexibility index (Phi) is 10.7. The third-order valence-electron chi connectivity index (χ3n) is 8.00. The van der Waals surface area contributed by atoms with Gasteiger partial charge in [-0.3, -0.25) is 14.4 Å². The van der Waals surface area contributed by atoms with Crippen LogP contribution in [-0.2, 0) is 27.2 Å². The van der Waals surface area contributed by atoms with Crippen LogP contribution in [0.25, 0.3) is 6.08 Å². The van der Waals surface area contributed by atoms with E-state index in [0.29, 0.717) is 33.5 Å². The van der Waals surface area contributed by atoms with Crippen molar-refractivity contribution in [2.24, 2.45) is 0 Å². The first-order valence-corrected chi connectivity index (χ1v) is 17.4. The van der Waals surface area contributed by atoms with E-state index in [1.165, 1.54) is 48.1 Å². The molecule has 0 spiro atoms. The topological polar surface area (TPSA) is 127 Å². The zero-order valence-electron chi connectivity index (χ0n) is 26.6. The van der Waals surface area contributed by atoms with Crippen molar-refractivity contribution in [3.8, 4) is 0 Å². The Morgan fingerprint density at radius 3 is 2.45 bits per heavy atom. The SMILES string of the molecule is COC(=O)c1c(NC(=O)CSc2cccc(NC(=O)/C(=C/c3ccco3)NC(=O)c3ccccc3)c2)sc2c1CCC(c1ccccc1)C2. The van der Waals surface area contributed by atoms with E-state index >= 15 is 0 Å². The summed E-state index contributed by atoms with van der Waals surface area (Å²) in [7, 11) is 1.35. The molecule has 2 aromatic heterocycles. The molecule has 0 aliphatic heterocycles. The first-order chi connectivity index (χ1) is 23.9. The second-order valence-electron chi connectivity index (χ2n) is 11.3. The quantitative estimate of drug-likeness (QED) is 0.0742. The van der Waals surface area contributed by atoms with Gasteiger partial charge in [0.25, 0.3) is 11.8 Å². The number of thioether (sulfide) groups is 1. The Bertz CT molecular complexity index is 1990. The molecule has 0 saturated heterocycles. The molecular weight excluding hydrogens is 659 g/mol. The van der Waals surface area contributed by atoms with Gasteiger partial charge in [-0.2, -0.15) is 0 Å². The first-order valence-electron chi connectivity index (χ1n) is 15.6. The van der Waals surface area contributed by atoms with E-state index in [2.05, 4.69) is 28.1 Å². The number of rotatable bonds is 11. The Morgan fingerprint density at radius 1 is 0.939 bits per heavy atom. The van der Waals surface area contributed by atoms with Crippen LogP contribution in [0.5, 0.6) is 0 Å². The molecule has 3 aromatic carbocycles. The lowest BCUT2D eigenvalue weighted by atomic mass is 9.83. The maximum atomic E-state index is 13.3. The number of benzene rings is 3. The fourth-order valence-corrected chi connectivity index (χ4v) is 7.72. The van der Waals surface area contributed by atoms with Gasteiger partial charge in [0.2, 0.25) is 5.91 Å². The van der Waals surface area contributed by atoms with Gasteiger partial charge >= 0.3 is 5.97 Å². The number of carbonyl (C=O) groups excluding carboxylic acids is 4. The smallest absolute Gasteiger partial charge is 0.341 e. The van der Waals surface area contributed by atoms with Crippen molar-refractivity contribution in [2.45, 2.75) is 30.1 Å². The van der Waals surface area contributed by atoms with Gasteiger partial charge in [0.1, 0.15) is 16.5 Å². The normalized spacial score (nSPS) is 14.0. The second kappa shape index (κ2) is 15.7. The summed E-state index contributed by atoms with van der Waals surface area (Å²) >= 11 is 2.73. The van der Waals surface area contributed by atoms with Gasteiger partial charge in [0.15, 0.2) is 0 Å². The molecule has 5 aromatic rings. The van der Waals surface area contributed by atoms with E-state index in [-0.39, 0.29) is 17.4 Å². The van der Waals surface area contributed by atoms with Crippen molar-refractivity contribution in [3.05, 3.63) is 142 Å². The molecular formula is C38H33N3O6S2. The van der Waals surface area contributed by atoms with Gasteiger partial charge in [0.05, 0.1) is 24.7 Å². The number of ether oxygens (including phenoxy) is 1. The maximum absolute atomic E-state index is 13.3. The van der Waals surface area contributed by atoms with Crippen LogP contribution in [0.15, 0.2) is 118 Å². The number of esters is 1. The molecule has 0 bridgehead atoms. The number of hydrogen-bond donors (Lipinski definition) is 3. The minimum atomic E-state index is -0.549. The first kappa shape index (κ1) is 33.5. The van der Waals surface area contributed by atoms with Crippen molar-refractivity contribution in [1.29, 1.82) is 0 Å². The van der Waals surface area contributed by atoms with E-state index in [4.69, 9.17) is 9.15 Å². The highest BCUT2D eigenvalue weighted by Crippen LogP contribution is 2.43. The van der Waals surface area contributed by atoms with Crippen LogP contribution in [-0.4, -0.2) is 36.6 Å². The molecule has 11 heteroatoms. The highest BCUT2D eigenvalue weighted by molar-refractivity contribution is 8.00. The summed E-state index contributed by atoms with van der Waals surface area (Å²) in [5.41, 5.74) is 3.53. The number of nitrogens with one attached hydrogen (secondary N) is 3. The number of methoxy groups -OCH3 is 1. The Hall–Kier alpha value is -5.39. The Labute approximate surface area is 291 Å². The molecule has 1 aliphatic carbocycles. The van der Waals surface area contributed by atoms with Crippen LogP contribution in [0.4, 0.5) is 10.7 Å². The Balaban J connectivity index is 1.11. The van der Waals surface area contributed by atoms with E-state index in [9.17, 15) is 19.2 Å². The van der Waals surface area contributed by atoms with Gasteiger partial charge in [-0.05, 0) is 78.8 Å². The standard InChI is InChI=1S/C38H33N3O6S2/c1-46-38(45)34-30-18-17-26(24-10-4-2-5-11-24)20-32(30)49-37(34)41-33(42)23-48-29-16-8-14-27(21-29)39-36(44)31(22-28-15-9-19-47-28)40-35(43)25-12-6-3-7-13-25/h2-16,19,21-22,26H,17-18,20,23H2,1H3,(H,39,44)(H,40,43)(H,41,42)/b31-22-. The van der Waals surface area contributed by atoms with Crippen LogP contribution in [0.2, 0.25) is 0 Å². The molecule has 6 rings (SSSR count). The lowest BCUT2D eigenvalue weighted by Gasteiger charge is -2.22. The molecule has 1 aliphatic rings. The molecule has 1 atom stereocenters. The average molecular weight is 692 g/mol. The summed E-state index contributed by atoms with van der Waals surface area (Å²) in [6.45, 7) is 0. The number of fused-ring (bicyclic) bond motifs is 1. The summed E-state index contributed by atoms with van der Waals surface area (Å²) in [5.74, 6) is -0.899. The number of amides is 3. The van der Waals surface area contributed by atoms with Gasteiger partial charge in [-0.25, -0.2) is 4.79 Å². The molecule has 49 heavy (non-hydrogen) atoms. The van der Waals surface area contributed by atoms with Gasteiger partial charge in [0, 0.05) is 27.1 Å². The number of furan rings is 1. The maximum Gasteiger partial charge on any atom is 0.341 e. The van der Waals surface area contributed by atoms with E-state index in [1.807, 2.05) is 24.3 Å². The van der Waals surface area contributed by atoms with Crippen LogP contribution >= 0.6 is 23.1 Å². The van der Waals surface area contributed by atoms with Crippen molar-refractivity contribution < 1.29 is 28.3 Å². The largest absolute Gasteiger partial charge is 0.465 e. The third kappa shape index (κ3) is 8.37. The predicted octanol–water partition coefficient (Wildman–Crippen LogP) is 7.54. The second-order valence-corrected chi connectivity index (χ2v) is 13.4. The lowest BCUT2D eigenvalue weighted by Crippen LogP contribution is -2.30. The highest BCUT2D eigenvalue weighted by atomic mass is 32.2. The van der Waals surface area contributed by atoms with Crippen molar-refractivity contribution >= 4 is 63.6 Å². The summed E-state index contributed by atoms with van der Waals surface area (Å²) in [5, 5.41) is 8.96. The average Bonchev–Trinajstić information content (AvgIpc) is 3.78. The number of anilines is 2. The number of thiophene rings is 1. The summed E-state index contributed by atoms with van der Waals surface area (Å²) in [6.07, 6.45) is 5.36. The van der Waals surface area contributed by atoms with E-state index < -0.39 is 17.8 Å². The van der Waals surface area contributed by atoms with E-state index in [0.717, 1.165) is 34.6 Å². The van der Waals surface area contributed by atoms with Crippen LogP contribution in [0.1, 0.15) is 54.8 Å². The van der Waals surface area contributed by atoms with Crippen LogP contribution in [0.3, 0.4) is 0 Å². The molecule has 248 valence electrons. The zero-order valence-corrected chi connectivity index (χ0v) is 28.2.